The van der Waals surface area contributed by atoms with E-state index in [1.54, 1.807) is 0 Å². The van der Waals surface area contributed by atoms with Gasteiger partial charge < -0.3 is 20.1 Å². The summed E-state index contributed by atoms with van der Waals surface area (Å²) in [5.74, 6) is -1.74. The van der Waals surface area contributed by atoms with Crippen LogP contribution >= 0.6 is 0 Å². The Labute approximate surface area is 193 Å². The van der Waals surface area contributed by atoms with Crippen molar-refractivity contribution in [2.45, 2.75) is 45.7 Å². The number of benzene rings is 2. The van der Waals surface area contributed by atoms with Gasteiger partial charge in [-0.05, 0) is 28.2 Å². The molecule has 0 saturated carbocycles. The van der Waals surface area contributed by atoms with Crippen LogP contribution in [0, 0.1) is 11.3 Å². The number of hydrogen-bond acceptors (Lipinski definition) is 4. The minimum atomic E-state index is -1.04. The van der Waals surface area contributed by atoms with Crippen molar-refractivity contribution in [2.75, 3.05) is 13.2 Å². The predicted octanol–water partition coefficient (Wildman–Crippen LogP) is 3.87. The lowest BCUT2D eigenvalue weighted by Crippen LogP contribution is -2.70. The number of rotatable bonds is 6. The molecule has 33 heavy (non-hydrogen) atoms. The van der Waals surface area contributed by atoms with Gasteiger partial charge in [-0.1, -0.05) is 76.2 Å². The number of carboxylic acids is 1. The SMILES string of the molecule is CC(C)[C@H](NC(=O)OCC1c2ccccc2-c2ccccc21)C(=O)N1CC(C)(C)C1C(=O)O. The molecule has 1 heterocycles. The number of carbonyl (C=O) groups excluding carboxylic acids is 2. The first-order valence-electron chi connectivity index (χ1n) is 11.3. The van der Waals surface area contributed by atoms with Crippen LogP contribution in [0.5, 0.6) is 0 Å². The molecular weight excluding hydrogens is 420 g/mol. The molecule has 1 aliphatic carbocycles. The smallest absolute Gasteiger partial charge is 0.407 e. The van der Waals surface area contributed by atoms with Crippen LogP contribution in [0.4, 0.5) is 4.79 Å². The molecule has 0 spiro atoms. The van der Waals surface area contributed by atoms with Crippen molar-refractivity contribution in [1.29, 1.82) is 0 Å². The van der Waals surface area contributed by atoms with Crippen molar-refractivity contribution in [2.24, 2.45) is 11.3 Å². The number of hydrogen-bond donors (Lipinski definition) is 2. The van der Waals surface area contributed by atoms with Gasteiger partial charge in [0, 0.05) is 17.9 Å². The van der Waals surface area contributed by atoms with E-state index in [0.717, 1.165) is 22.3 Å². The highest BCUT2D eigenvalue weighted by Crippen LogP contribution is 2.44. The predicted molar refractivity (Wildman–Crippen MR) is 124 cm³/mol. The van der Waals surface area contributed by atoms with E-state index in [1.165, 1.54) is 4.90 Å². The fourth-order valence-corrected chi connectivity index (χ4v) is 5.06. The second-order valence-electron chi connectivity index (χ2n) is 9.89. The molecule has 1 saturated heterocycles. The Morgan fingerprint density at radius 1 is 1.06 bits per heavy atom. The molecule has 1 unspecified atom stereocenters. The van der Waals surface area contributed by atoms with Crippen LogP contribution in [0.25, 0.3) is 11.1 Å². The lowest BCUT2D eigenvalue weighted by molar-refractivity contribution is -0.173. The minimum absolute atomic E-state index is 0.0797. The summed E-state index contributed by atoms with van der Waals surface area (Å²) in [7, 11) is 0. The minimum Gasteiger partial charge on any atom is -0.480 e. The van der Waals surface area contributed by atoms with Crippen molar-refractivity contribution in [3.05, 3.63) is 59.7 Å². The molecule has 174 valence electrons. The number of aliphatic carboxylic acids is 1. The standard InChI is InChI=1S/C26H30N2O5/c1-15(2)21(23(29)28-14-26(3,4)22(28)24(30)31)27-25(32)33-13-20-18-11-7-5-9-16(18)17-10-6-8-12-19(17)20/h5-12,15,20-22H,13-14H2,1-4H3,(H,27,32)(H,30,31)/t21-,22?/m0/s1. The lowest BCUT2D eigenvalue weighted by Gasteiger charge is -2.52. The van der Waals surface area contributed by atoms with Crippen LogP contribution in [0.2, 0.25) is 0 Å². The zero-order valence-electron chi connectivity index (χ0n) is 19.4. The van der Waals surface area contributed by atoms with Gasteiger partial charge in [-0.15, -0.1) is 0 Å². The van der Waals surface area contributed by atoms with Gasteiger partial charge in [-0.25, -0.2) is 9.59 Å². The van der Waals surface area contributed by atoms with Gasteiger partial charge in [-0.3, -0.25) is 4.79 Å². The highest BCUT2D eigenvalue weighted by Gasteiger charge is 2.54. The molecule has 0 radical (unpaired) electrons. The number of ether oxygens (including phenoxy) is 1. The Morgan fingerprint density at radius 3 is 2.09 bits per heavy atom. The Kier molecular flexibility index (Phi) is 5.91. The maximum atomic E-state index is 13.1. The molecule has 2 amide bonds. The highest BCUT2D eigenvalue weighted by atomic mass is 16.5. The molecule has 0 bridgehead atoms. The summed E-state index contributed by atoms with van der Waals surface area (Å²) >= 11 is 0. The van der Waals surface area contributed by atoms with Crippen LogP contribution in [0.3, 0.4) is 0 Å². The Hall–Kier alpha value is -3.35. The van der Waals surface area contributed by atoms with Crippen molar-refractivity contribution in [3.8, 4) is 11.1 Å². The van der Waals surface area contributed by atoms with Crippen LogP contribution in [0.1, 0.15) is 44.7 Å². The molecule has 2 aromatic rings. The fourth-order valence-electron chi connectivity index (χ4n) is 5.06. The van der Waals surface area contributed by atoms with Crippen LogP contribution in [-0.4, -0.2) is 53.2 Å². The summed E-state index contributed by atoms with van der Waals surface area (Å²) in [5.41, 5.74) is 3.98. The van der Waals surface area contributed by atoms with Gasteiger partial charge in [0.15, 0.2) is 0 Å². The average molecular weight is 451 g/mol. The molecule has 1 fully saturated rings. The fraction of sp³-hybridized carbons (Fsp3) is 0.423. The Balaban J connectivity index is 1.44. The van der Waals surface area contributed by atoms with Crippen molar-refractivity contribution < 1.29 is 24.2 Å². The molecule has 7 heteroatoms. The van der Waals surface area contributed by atoms with Crippen LogP contribution in [0.15, 0.2) is 48.5 Å². The number of likely N-dealkylation sites (tertiary alicyclic amines) is 1. The first-order chi connectivity index (χ1) is 15.6. The largest absolute Gasteiger partial charge is 0.480 e. The first-order valence-corrected chi connectivity index (χ1v) is 11.3. The van der Waals surface area contributed by atoms with Crippen LogP contribution in [-0.2, 0) is 14.3 Å². The lowest BCUT2D eigenvalue weighted by atomic mass is 9.74. The number of nitrogens with one attached hydrogen (secondary N) is 1. The third-order valence-corrected chi connectivity index (χ3v) is 6.70. The van der Waals surface area contributed by atoms with Gasteiger partial charge in [0.2, 0.25) is 5.91 Å². The second kappa shape index (κ2) is 8.54. The molecule has 4 rings (SSSR count). The summed E-state index contributed by atoms with van der Waals surface area (Å²) in [6.07, 6.45) is -0.685. The third-order valence-electron chi connectivity index (χ3n) is 6.70. The topological polar surface area (TPSA) is 95.9 Å². The van der Waals surface area contributed by atoms with Gasteiger partial charge in [0.25, 0.3) is 0 Å². The zero-order valence-corrected chi connectivity index (χ0v) is 19.4. The number of fused-ring (bicyclic) bond motifs is 3. The number of carbonyl (C=O) groups is 3. The zero-order chi connectivity index (χ0) is 23.9. The third kappa shape index (κ3) is 4.08. The van der Waals surface area contributed by atoms with Gasteiger partial charge in [-0.2, -0.15) is 0 Å². The molecule has 7 nitrogen and oxygen atoms in total. The number of amides is 2. The van der Waals surface area contributed by atoms with E-state index in [0.29, 0.717) is 6.54 Å². The first kappa shape index (κ1) is 22.8. The van der Waals surface area contributed by atoms with Crippen molar-refractivity contribution in [3.63, 3.8) is 0 Å². The summed E-state index contributed by atoms with van der Waals surface area (Å²) in [4.78, 5) is 38.8. The summed E-state index contributed by atoms with van der Waals surface area (Å²) in [6, 6.07) is 14.4. The second-order valence-corrected chi connectivity index (χ2v) is 9.89. The summed E-state index contributed by atoms with van der Waals surface area (Å²) < 4.78 is 5.58. The number of alkyl carbamates (subject to hydrolysis) is 1. The summed E-state index contributed by atoms with van der Waals surface area (Å²) in [6.45, 7) is 7.74. The molecule has 2 aromatic carbocycles. The van der Waals surface area contributed by atoms with Crippen molar-refractivity contribution >= 4 is 18.0 Å². The van der Waals surface area contributed by atoms with E-state index in [1.807, 2.05) is 64.1 Å². The van der Waals surface area contributed by atoms with E-state index >= 15 is 0 Å². The summed E-state index contributed by atoms with van der Waals surface area (Å²) in [5, 5.41) is 12.2. The average Bonchev–Trinajstić information content (AvgIpc) is 3.07. The Bertz CT molecular complexity index is 1050. The van der Waals surface area contributed by atoms with Crippen LogP contribution < -0.4 is 5.32 Å². The normalized spacial score (nSPS) is 19.3. The molecule has 1 aliphatic heterocycles. The van der Waals surface area contributed by atoms with E-state index in [9.17, 15) is 19.5 Å². The Morgan fingerprint density at radius 2 is 1.61 bits per heavy atom. The maximum Gasteiger partial charge on any atom is 0.407 e. The molecule has 2 N–H and O–H groups in total. The number of nitrogens with zero attached hydrogens (tertiary/aromatic N) is 1. The highest BCUT2D eigenvalue weighted by molar-refractivity contribution is 5.91. The van der Waals surface area contributed by atoms with Gasteiger partial charge >= 0.3 is 12.1 Å². The van der Waals surface area contributed by atoms with E-state index in [4.69, 9.17) is 4.74 Å². The maximum absolute atomic E-state index is 13.1. The molecule has 2 atom stereocenters. The van der Waals surface area contributed by atoms with Gasteiger partial charge in [0.05, 0.1) is 0 Å². The van der Waals surface area contributed by atoms with E-state index in [-0.39, 0.29) is 18.4 Å². The quantitative estimate of drug-likeness (QED) is 0.697. The number of carboxylic acid groups (broad SMARTS) is 1. The monoisotopic (exact) mass is 450 g/mol. The van der Waals surface area contributed by atoms with E-state index in [2.05, 4.69) is 17.4 Å². The van der Waals surface area contributed by atoms with Crippen molar-refractivity contribution in [1.82, 2.24) is 10.2 Å². The molecular formula is C26H30N2O5. The molecule has 2 aliphatic rings. The van der Waals surface area contributed by atoms with E-state index < -0.39 is 35.5 Å². The van der Waals surface area contributed by atoms with Gasteiger partial charge in [0.1, 0.15) is 18.7 Å². The molecule has 0 aromatic heterocycles.